The highest BCUT2D eigenvalue weighted by Crippen LogP contribution is 2.23. The van der Waals surface area contributed by atoms with E-state index in [1.807, 2.05) is 17.8 Å². The molecule has 0 aliphatic carbocycles. The first-order chi connectivity index (χ1) is 11.9. The summed E-state index contributed by atoms with van der Waals surface area (Å²) in [4.78, 5) is 19.2. The molecule has 3 rings (SSSR count). The van der Waals surface area contributed by atoms with Gasteiger partial charge in [0.1, 0.15) is 11.9 Å². The number of aryl methyl sites for hydroxylation is 1. The highest BCUT2D eigenvalue weighted by Gasteiger charge is 2.31. The molecule has 1 aromatic heterocycles. The van der Waals surface area contributed by atoms with Crippen molar-refractivity contribution in [1.82, 2.24) is 24.5 Å². The Labute approximate surface area is 159 Å². The first-order valence-electron chi connectivity index (χ1n) is 7.96. The molecule has 1 aromatic carbocycles. The van der Waals surface area contributed by atoms with Gasteiger partial charge in [0.15, 0.2) is 0 Å². The van der Waals surface area contributed by atoms with Crippen LogP contribution in [0.4, 0.5) is 0 Å². The number of sulfonamides is 1. The summed E-state index contributed by atoms with van der Waals surface area (Å²) in [5.74, 6) is 0.679. The predicted molar refractivity (Wildman–Crippen MR) is 99.8 cm³/mol. The van der Waals surface area contributed by atoms with Gasteiger partial charge in [0.2, 0.25) is 10.0 Å². The smallest absolute Gasteiger partial charge is 0.254 e. The Morgan fingerprint density at radius 2 is 2.00 bits per heavy atom. The number of aromatic nitrogens is 2. The molecule has 10 heteroatoms. The first-order valence-corrected chi connectivity index (χ1v) is 9.45. The predicted octanol–water partition coefficient (Wildman–Crippen LogP) is 0.537. The molecule has 1 unspecified atom stereocenters. The largest absolute Gasteiger partial charge is 0.336 e. The monoisotopic (exact) mass is 399 g/mol. The van der Waals surface area contributed by atoms with Crippen LogP contribution >= 0.6 is 12.4 Å². The van der Waals surface area contributed by atoms with Gasteiger partial charge in [-0.1, -0.05) is 0 Å². The summed E-state index contributed by atoms with van der Waals surface area (Å²) in [6.45, 7) is 1.90. The number of nitrogens with zero attached hydrogens (tertiary/aromatic N) is 3. The van der Waals surface area contributed by atoms with Crippen molar-refractivity contribution in [2.75, 3.05) is 26.7 Å². The summed E-state index contributed by atoms with van der Waals surface area (Å²) in [5, 5.41) is 3.29. The number of rotatable bonds is 4. The Kier molecular flexibility index (Phi) is 6.40. The maximum absolute atomic E-state index is 12.9. The molecule has 26 heavy (non-hydrogen) atoms. The van der Waals surface area contributed by atoms with Gasteiger partial charge < -0.3 is 14.8 Å². The number of nitrogens with one attached hydrogen (secondary N) is 2. The van der Waals surface area contributed by atoms with E-state index in [0.717, 1.165) is 5.82 Å². The number of amides is 1. The molecule has 1 saturated heterocycles. The second kappa shape index (κ2) is 8.17. The standard InChI is InChI=1S/C16H21N5O3S.ClH/c1-17-25(23,24)13-5-3-12(4-6-13)16(22)21-10-7-18-11-14(21)15-19-8-9-20(15)2;/h3-6,8-9,14,17-18H,7,10-11H2,1-2H3;1H. The van der Waals surface area contributed by atoms with Crippen molar-refractivity contribution in [2.24, 2.45) is 7.05 Å². The van der Waals surface area contributed by atoms with Crippen LogP contribution in [0.3, 0.4) is 0 Å². The number of hydrogen-bond acceptors (Lipinski definition) is 5. The van der Waals surface area contributed by atoms with Crippen molar-refractivity contribution in [1.29, 1.82) is 0 Å². The maximum atomic E-state index is 12.9. The first kappa shape index (κ1) is 20.4. The topological polar surface area (TPSA) is 96.3 Å². The molecule has 0 saturated carbocycles. The molecule has 0 spiro atoms. The molecule has 1 atom stereocenters. The zero-order valence-corrected chi connectivity index (χ0v) is 16.2. The van der Waals surface area contributed by atoms with Gasteiger partial charge >= 0.3 is 0 Å². The van der Waals surface area contributed by atoms with Crippen LogP contribution in [0.1, 0.15) is 22.2 Å². The molecule has 1 aliphatic rings. The van der Waals surface area contributed by atoms with E-state index in [-0.39, 0.29) is 29.3 Å². The zero-order chi connectivity index (χ0) is 18.0. The number of imidazole rings is 1. The van der Waals surface area contributed by atoms with E-state index in [9.17, 15) is 13.2 Å². The maximum Gasteiger partial charge on any atom is 0.254 e. The molecule has 2 heterocycles. The van der Waals surface area contributed by atoms with Crippen LogP contribution in [0.25, 0.3) is 0 Å². The summed E-state index contributed by atoms with van der Waals surface area (Å²) >= 11 is 0. The van der Waals surface area contributed by atoms with Gasteiger partial charge in [0, 0.05) is 44.6 Å². The van der Waals surface area contributed by atoms with Gasteiger partial charge in [-0.2, -0.15) is 0 Å². The second-order valence-electron chi connectivity index (χ2n) is 5.85. The normalized spacial score (nSPS) is 17.6. The Bertz CT molecular complexity index is 866. The minimum Gasteiger partial charge on any atom is -0.336 e. The molecule has 0 radical (unpaired) electrons. The fourth-order valence-corrected chi connectivity index (χ4v) is 3.67. The SMILES string of the molecule is CNS(=O)(=O)c1ccc(C(=O)N2CCNCC2c2nccn2C)cc1.Cl. The van der Waals surface area contributed by atoms with Gasteiger partial charge in [0.25, 0.3) is 5.91 Å². The van der Waals surface area contributed by atoms with Gasteiger partial charge in [-0.15, -0.1) is 12.4 Å². The van der Waals surface area contributed by atoms with Crippen LogP contribution in [0.5, 0.6) is 0 Å². The van der Waals surface area contributed by atoms with Crippen LogP contribution in [-0.4, -0.2) is 55.5 Å². The van der Waals surface area contributed by atoms with E-state index in [2.05, 4.69) is 15.0 Å². The van der Waals surface area contributed by atoms with Crippen molar-refractivity contribution >= 4 is 28.3 Å². The summed E-state index contributed by atoms with van der Waals surface area (Å²) in [6.07, 6.45) is 3.56. The van der Waals surface area contributed by atoms with Crippen LogP contribution in [0.15, 0.2) is 41.6 Å². The minimum absolute atomic E-state index is 0. The van der Waals surface area contributed by atoms with Crippen molar-refractivity contribution in [3.8, 4) is 0 Å². The van der Waals surface area contributed by atoms with E-state index in [1.54, 1.807) is 23.2 Å². The summed E-state index contributed by atoms with van der Waals surface area (Å²) in [7, 11) is -0.262. The fraction of sp³-hybridized carbons (Fsp3) is 0.375. The Balaban J connectivity index is 0.00000243. The average Bonchev–Trinajstić information content (AvgIpc) is 3.07. The van der Waals surface area contributed by atoms with Crippen molar-refractivity contribution in [2.45, 2.75) is 10.9 Å². The third kappa shape index (κ3) is 3.90. The summed E-state index contributed by atoms with van der Waals surface area (Å²) in [6, 6.07) is 5.81. The molecular formula is C16H22ClN5O3S. The van der Waals surface area contributed by atoms with Crippen LogP contribution < -0.4 is 10.0 Å². The van der Waals surface area contributed by atoms with Crippen LogP contribution in [0, 0.1) is 0 Å². The molecule has 1 fully saturated rings. The van der Waals surface area contributed by atoms with E-state index >= 15 is 0 Å². The van der Waals surface area contributed by atoms with E-state index in [0.29, 0.717) is 25.2 Å². The molecule has 1 aliphatic heterocycles. The van der Waals surface area contributed by atoms with Gasteiger partial charge in [-0.05, 0) is 31.3 Å². The lowest BCUT2D eigenvalue weighted by Crippen LogP contribution is -2.49. The number of carbonyl (C=O) groups is 1. The fourth-order valence-electron chi connectivity index (χ4n) is 2.94. The Morgan fingerprint density at radius 1 is 1.31 bits per heavy atom. The van der Waals surface area contributed by atoms with Crippen LogP contribution in [0.2, 0.25) is 0 Å². The Hall–Kier alpha value is -1.94. The summed E-state index contributed by atoms with van der Waals surface area (Å²) < 4.78 is 27.8. The van der Waals surface area contributed by atoms with Crippen molar-refractivity contribution in [3.63, 3.8) is 0 Å². The van der Waals surface area contributed by atoms with Gasteiger partial charge in [0.05, 0.1) is 4.90 Å². The van der Waals surface area contributed by atoms with Gasteiger partial charge in [-0.3, -0.25) is 4.79 Å². The van der Waals surface area contributed by atoms with Gasteiger partial charge in [-0.25, -0.2) is 18.1 Å². The molecule has 142 valence electrons. The number of halogens is 1. The zero-order valence-electron chi connectivity index (χ0n) is 14.5. The lowest BCUT2D eigenvalue weighted by atomic mass is 10.1. The number of carbonyl (C=O) groups excluding carboxylic acids is 1. The minimum atomic E-state index is -3.52. The molecule has 1 amide bonds. The van der Waals surface area contributed by atoms with Crippen molar-refractivity contribution < 1.29 is 13.2 Å². The molecule has 0 bridgehead atoms. The summed E-state index contributed by atoms with van der Waals surface area (Å²) in [5.41, 5.74) is 0.455. The Morgan fingerprint density at radius 3 is 2.58 bits per heavy atom. The lowest BCUT2D eigenvalue weighted by Gasteiger charge is -2.35. The quantitative estimate of drug-likeness (QED) is 0.782. The average molecular weight is 400 g/mol. The second-order valence-corrected chi connectivity index (χ2v) is 7.73. The van der Waals surface area contributed by atoms with Crippen LogP contribution in [-0.2, 0) is 17.1 Å². The third-order valence-electron chi connectivity index (χ3n) is 4.34. The highest BCUT2D eigenvalue weighted by molar-refractivity contribution is 7.89. The number of piperazine rings is 1. The molecular weight excluding hydrogens is 378 g/mol. The van der Waals surface area contributed by atoms with E-state index < -0.39 is 10.0 Å². The highest BCUT2D eigenvalue weighted by atomic mass is 35.5. The molecule has 8 nitrogen and oxygen atoms in total. The molecule has 2 aromatic rings. The lowest BCUT2D eigenvalue weighted by molar-refractivity contribution is 0.0621. The third-order valence-corrected chi connectivity index (χ3v) is 5.77. The number of hydrogen-bond donors (Lipinski definition) is 2. The van der Waals surface area contributed by atoms with E-state index in [4.69, 9.17) is 0 Å². The van der Waals surface area contributed by atoms with E-state index in [1.165, 1.54) is 19.2 Å². The van der Waals surface area contributed by atoms with Crippen molar-refractivity contribution in [3.05, 3.63) is 48.0 Å². The number of benzene rings is 1. The molecule has 2 N–H and O–H groups in total.